The Morgan fingerprint density at radius 2 is 1.79 bits per heavy atom. The van der Waals surface area contributed by atoms with Gasteiger partial charge in [-0.05, 0) is 43.5 Å². The number of hydrogen-bond acceptors (Lipinski definition) is 3. The summed E-state index contributed by atoms with van der Waals surface area (Å²) in [5.41, 5.74) is 3.14. The zero-order valence-electron chi connectivity index (χ0n) is 13.8. The van der Waals surface area contributed by atoms with Crippen LogP contribution in [0.1, 0.15) is 18.2 Å². The number of halogens is 1. The van der Waals surface area contributed by atoms with Crippen LogP contribution in [0.4, 0.5) is 0 Å². The Morgan fingerprint density at radius 3 is 2.50 bits per heavy atom. The topological polar surface area (TPSA) is 35.3 Å². The van der Waals surface area contributed by atoms with Gasteiger partial charge in [0, 0.05) is 15.6 Å². The fourth-order valence-corrected chi connectivity index (χ4v) is 2.88. The van der Waals surface area contributed by atoms with Gasteiger partial charge in [0.15, 0.2) is 5.76 Å². The molecule has 0 radical (unpaired) electrons. The highest BCUT2D eigenvalue weighted by Gasteiger charge is 2.18. The van der Waals surface area contributed by atoms with Crippen LogP contribution in [0.3, 0.4) is 0 Å². The molecule has 0 aliphatic rings. The fraction of sp³-hybridized carbons (Fsp3) is 0.250. The molecule has 1 atom stereocenters. The molecule has 0 saturated carbocycles. The van der Waals surface area contributed by atoms with Crippen LogP contribution in [0.25, 0.3) is 11.3 Å². The average Bonchev–Trinajstić information content (AvgIpc) is 2.95. The molecule has 3 aromatic rings. The molecule has 1 aromatic heterocycles. The highest BCUT2D eigenvalue weighted by atomic mass is 79.9. The van der Waals surface area contributed by atoms with Gasteiger partial charge >= 0.3 is 0 Å². The maximum absolute atomic E-state index is 5.86. The second kappa shape index (κ2) is 7.67. The van der Waals surface area contributed by atoms with Gasteiger partial charge in [0.05, 0.1) is 12.3 Å². The minimum atomic E-state index is 0.359. The number of ether oxygens (including phenoxy) is 1. The van der Waals surface area contributed by atoms with E-state index in [0.29, 0.717) is 12.5 Å². The molecule has 1 unspecified atom stereocenters. The quantitative estimate of drug-likeness (QED) is 0.548. The summed E-state index contributed by atoms with van der Waals surface area (Å²) in [6.45, 7) is 4.83. The SMILES string of the molecule is Cc1noc(-c2ccc(Br)cc2)c1CC(C)COc1ccccc1. The molecule has 124 valence electrons. The molecule has 24 heavy (non-hydrogen) atoms. The molecule has 2 aromatic carbocycles. The Morgan fingerprint density at radius 1 is 1.08 bits per heavy atom. The summed E-state index contributed by atoms with van der Waals surface area (Å²) in [6, 6.07) is 18.0. The number of aryl methyl sites for hydroxylation is 1. The average molecular weight is 386 g/mol. The Bertz CT molecular complexity index is 781. The first kappa shape index (κ1) is 16.8. The van der Waals surface area contributed by atoms with Crippen LogP contribution >= 0.6 is 15.9 Å². The first-order chi connectivity index (χ1) is 11.6. The third kappa shape index (κ3) is 4.06. The third-order valence-electron chi connectivity index (χ3n) is 3.92. The van der Waals surface area contributed by atoms with E-state index in [9.17, 15) is 0 Å². The molecule has 0 fully saturated rings. The van der Waals surface area contributed by atoms with E-state index < -0.39 is 0 Å². The molecule has 0 aliphatic carbocycles. The van der Waals surface area contributed by atoms with E-state index in [-0.39, 0.29) is 0 Å². The summed E-state index contributed by atoms with van der Waals surface area (Å²) >= 11 is 3.46. The molecule has 4 heteroatoms. The third-order valence-corrected chi connectivity index (χ3v) is 4.45. The van der Waals surface area contributed by atoms with Crippen LogP contribution < -0.4 is 4.74 Å². The summed E-state index contributed by atoms with van der Waals surface area (Å²) in [5.74, 6) is 2.11. The van der Waals surface area contributed by atoms with Gasteiger partial charge in [0.1, 0.15) is 5.75 Å². The Kier molecular flexibility index (Phi) is 5.36. The van der Waals surface area contributed by atoms with E-state index in [1.807, 2.05) is 61.5 Å². The minimum absolute atomic E-state index is 0.359. The van der Waals surface area contributed by atoms with Gasteiger partial charge in [-0.3, -0.25) is 0 Å². The van der Waals surface area contributed by atoms with Crippen molar-refractivity contribution in [3.63, 3.8) is 0 Å². The minimum Gasteiger partial charge on any atom is -0.493 e. The fourth-order valence-electron chi connectivity index (χ4n) is 2.62. The van der Waals surface area contributed by atoms with Gasteiger partial charge < -0.3 is 9.26 Å². The van der Waals surface area contributed by atoms with E-state index in [1.165, 1.54) is 0 Å². The molecule has 1 heterocycles. The standard InChI is InChI=1S/C20H20BrNO2/c1-14(13-23-18-6-4-3-5-7-18)12-19-15(2)22-24-20(19)16-8-10-17(21)11-9-16/h3-11,14H,12-13H2,1-2H3. The molecule has 0 aliphatic heterocycles. The van der Waals surface area contributed by atoms with Crippen LogP contribution in [-0.4, -0.2) is 11.8 Å². The number of para-hydroxylation sites is 1. The van der Waals surface area contributed by atoms with Gasteiger partial charge in [-0.25, -0.2) is 0 Å². The normalized spacial score (nSPS) is 12.1. The van der Waals surface area contributed by atoms with Crippen molar-refractivity contribution < 1.29 is 9.26 Å². The van der Waals surface area contributed by atoms with E-state index >= 15 is 0 Å². The van der Waals surface area contributed by atoms with Crippen LogP contribution in [0.15, 0.2) is 63.6 Å². The van der Waals surface area contributed by atoms with Crippen LogP contribution in [0.5, 0.6) is 5.75 Å². The van der Waals surface area contributed by atoms with Gasteiger partial charge in [-0.15, -0.1) is 0 Å². The van der Waals surface area contributed by atoms with E-state index in [0.717, 1.165) is 39.2 Å². The van der Waals surface area contributed by atoms with Crippen molar-refractivity contribution in [2.75, 3.05) is 6.61 Å². The molecule has 0 bridgehead atoms. The zero-order chi connectivity index (χ0) is 16.9. The lowest BCUT2D eigenvalue weighted by Gasteiger charge is -2.13. The molecular formula is C20H20BrNO2. The molecule has 3 nitrogen and oxygen atoms in total. The summed E-state index contributed by atoms with van der Waals surface area (Å²) in [4.78, 5) is 0. The Balaban J connectivity index is 1.70. The largest absolute Gasteiger partial charge is 0.493 e. The number of rotatable bonds is 6. The molecular weight excluding hydrogens is 366 g/mol. The molecule has 3 rings (SSSR count). The summed E-state index contributed by atoms with van der Waals surface area (Å²) in [5, 5.41) is 4.16. The maximum atomic E-state index is 5.86. The lowest BCUT2D eigenvalue weighted by Crippen LogP contribution is -2.12. The summed E-state index contributed by atoms with van der Waals surface area (Å²) in [6.07, 6.45) is 0.869. The van der Waals surface area contributed by atoms with Gasteiger partial charge in [-0.2, -0.15) is 0 Å². The number of hydrogen-bond donors (Lipinski definition) is 0. The lowest BCUT2D eigenvalue weighted by molar-refractivity contribution is 0.259. The van der Waals surface area contributed by atoms with Gasteiger partial charge in [0.2, 0.25) is 0 Å². The maximum Gasteiger partial charge on any atom is 0.170 e. The highest BCUT2D eigenvalue weighted by molar-refractivity contribution is 9.10. The van der Waals surface area contributed by atoms with Gasteiger partial charge in [-0.1, -0.05) is 58.3 Å². The predicted octanol–water partition coefficient (Wildman–Crippen LogP) is 5.67. The Labute approximate surface area is 150 Å². The van der Waals surface area contributed by atoms with Crippen molar-refractivity contribution in [2.45, 2.75) is 20.3 Å². The number of aromatic nitrogens is 1. The number of benzene rings is 2. The predicted molar refractivity (Wildman–Crippen MR) is 99.2 cm³/mol. The second-order valence-electron chi connectivity index (χ2n) is 6.02. The Hall–Kier alpha value is -2.07. The highest BCUT2D eigenvalue weighted by Crippen LogP contribution is 2.29. The number of nitrogens with zero attached hydrogens (tertiary/aromatic N) is 1. The first-order valence-electron chi connectivity index (χ1n) is 8.02. The van der Waals surface area contributed by atoms with Crippen molar-refractivity contribution >= 4 is 15.9 Å². The van der Waals surface area contributed by atoms with Crippen molar-refractivity contribution in [1.29, 1.82) is 0 Å². The summed E-state index contributed by atoms with van der Waals surface area (Å²) in [7, 11) is 0. The van der Waals surface area contributed by atoms with Crippen LogP contribution in [-0.2, 0) is 6.42 Å². The molecule has 0 amide bonds. The molecule has 0 spiro atoms. The zero-order valence-corrected chi connectivity index (χ0v) is 15.4. The van der Waals surface area contributed by atoms with Crippen molar-refractivity contribution in [1.82, 2.24) is 5.16 Å². The van der Waals surface area contributed by atoms with Crippen LogP contribution in [0.2, 0.25) is 0 Å². The lowest BCUT2D eigenvalue weighted by atomic mass is 9.97. The molecule has 0 N–H and O–H groups in total. The van der Waals surface area contributed by atoms with E-state index in [4.69, 9.17) is 9.26 Å². The smallest absolute Gasteiger partial charge is 0.170 e. The van der Waals surface area contributed by atoms with Gasteiger partial charge in [0.25, 0.3) is 0 Å². The van der Waals surface area contributed by atoms with E-state index in [2.05, 4.69) is 28.0 Å². The molecule has 0 saturated heterocycles. The van der Waals surface area contributed by atoms with Crippen LogP contribution in [0, 0.1) is 12.8 Å². The first-order valence-corrected chi connectivity index (χ1v) is 8.81. The van der Waals surface area contributed by atoms with Crippen molar-refractivity contribution in [2.24, 2.45) is 5.92 Å². The van der Waals surface area contributed by atoms with Crippen molar-refractivity contribution in [3.05, 3.63) is 70.3 Å². The second-order valence-corrected chi connectivity index (χ2v) is 6.93. The monoisotopic (exact) mass is 385 g/mol. The summed E-state index contributed by atoms with van der Waals surface area (Å²) < 4.78 is 12.5. The van der Waals surface area contributed by atoms with Crippen molar-refractivity contribution in [3.8, 4) is 17.1 Å². The van der Waals surface area contributed by atoms with E-state index in [1.54, 1.807) is 0 Å².